The summed E-state index contributed by atoms with van der Waals surface area (Å²) in [6.07, 6.45) is 0.827. The molecule has 0 aromatic heterocycles. The molecule has 5 nitrogen and oxygen atoms in total. The average Bonchev–Trinajstić information content (AvgIpc) is 2.66. The first-order valence-corrected chi connectivity index (χ1v) is 8.93. The molecule has 2 aromatic rings. The van der Waals surface area contributed by atoms with Crippen molar-refractivity contribution in [1.82, 2.24) is 15.1 Å². The summed E-state index contributed by atoms with van der Waals surface area (Å²) < 4.78 is 5.28. The smallest absolute Gasteiger partial charge is 0.317 e. The summed E-state index contributed by atoms with van der Waals surface area (Å²) in [6.45, 7) is 2.67. The number of methoxy groups -OCH3 is 1. The number of urea groups is 1. The van der Waals surface area contributed by atoms with Gasteiger partial charge in [0.1, 0.15) is 5.75 Å². The van der Waals surface area contributed by atoms with Gasteiger partial charge in [-0.15, -0.1) is 0 Å². The van der Waals surface area contributed by atoms with Gasteiger partial charge in [0.15, 0.2) is 0 Å². The number of hydrogen-bond donors (Lipinski definition) is 1. The van der Waals surface area contributed by atoms with Crippen LogP contribution in [0, 0.1) is 0 Å². The van der Waals surface area contributed by atoms with Crippen LogP contribution in [0.3, 0.4) is 0 Å². The molecule has 0 aliphatic carbocycles. The Morgan fingerprint density at radius 2 is 1.73 bits per heavy atom. The fraction of sp³-hybridized carbons (Fsp3) is 0.381. The van der Waals surface area contributed by atoms with E-state index in [1.54, 1.807) is 7.11 Å². The summed E-state index contributed by atoms with van der Waals surface area (Å²) in [5.74, 6) is 0.805. The number of amides is 2. The van der Waals surface area contributed by atoms with E-state index in [0.29, 0.717) is 19.6 Å². The van der Waals surface area contributed by atoms with Crippen molar-refractivity contribution >= 4 is 6.03 Å². The van der Waals surface area contributed by atoms with Gasteiger partial charge in [-0.05, 0) is 43.8 Å². The number of carbonyl (C=O) groups excluding carboxylic acids is 1. The Hall–Kier alpha value is -2.53. The van der Waals surface area contributed by atoms with Gasteiger partial charge in [0.2, 0.25) is 0 Å². The van der Waals surface area contributed by atoms with E-state index in [4.69, 9.17) is 4.74 Å². The fourth-order valence-corrected chi connectivity index (χ4v) is 2.63. The molecule has 0 radical (unpaired) electrons. The summed E-state index contributed by atoms with van der Waals surface area (Å²) >= 11 is 0. The molecule has 140 valence electrons. The van der Waals surface area contributed by atoms with Gasteiger partial charge in [0, 0.05) is 26.2 Å². The molecule has 0 unspecified atom stereocenters. The van der Waals surface area contributed by atoms with E-state index in [9.17, 15) is 4.79 Å². The number of hydrogen-bond acceptors (Lipinski definition) is 3. The Labute approximate surface area is 156 Å². The van der Waals surface area contributed by atoms with Crippen LogP contribution >= 0.6 is 0 Å². The van der Waals surface area contributed by atoms with Crippen LogP contribution in [0.25, 0.3) is 0 Å². The molecule has 0 bridgehead atoms. The molecule has 2 amide bonds. The van der Waals surface area contributed by atoms with Crippen molar-refractivity contribution in [2.45, 2.75) is 13.0 Å². The van der Waals surface area contributed by atoms with Crippen LogP contribution in [-0.4, -0.2) is 56.7 Å². The van der Waals surface area contributed by atoms with Gasteiger partial charge in [-0.2, -0.15) is 0 Å². The van der Waals surface area contributed by atoms with Gasteiger partial charge in [-0.25, -0.2) is 4.79 Å². The third-order valence-corrected chi connectivity index (χ3v) is 4.14. The molecular weight excluding hydrogens is 326 g/mol. The molecule has 0 atom stereocenters. The van der Waals surface area contributed by atoms with Crippen LogP contribution < -0.4 is 10.1 Å². The Kier molecular flexibility index (Phi) is 7.96. The first-order valence-electron chi connectivity index (χ1n) is 8.93. The van der Waals surface area contributed by atoms with Crippen LogP contribution in [0.5, 0.6) is 5.75 Å². The predicted octanol–water partition coefficient (Wildman–Crippen LogP) is 3.01. The molecule has 0 saturated carbocycles. The lowest BCUT2D eigenvalue weighted by Gasteiger charge is -2.25. The van der Waals surface area contributed by atoms with E-state index in [1.165, 1.54) is 5.56 Å². The minimum atomic E-state index is -0.0365. The Morgan fingerprint density at radius 1 is 1.00 bits per heavy atom. The van der Waals surface area contributed by atoms with Crippen molar-refractivity contribution in [3.05, 3.63) is 65.7 Å². The minimum absolute atomic E-state index is 0.0365. The molecule has 2 aromatic carbocycles. The second-order valence-corrected chi connectivity index (χ2v) is 6.54. The molecule has 26 heavy (non-hydrogen) atoms. The third kappa shape index (κ3) is 6.76. The van der Waals surface area contributed by atoms with E-state index < -0.39 is 0 Å². The zero-order valence-electron chi connectivity index (χ0n) is 15.9. The van der Waals surface area contributed by atoms with Gasteiger partial charge < -0.3 is 19.9 Å². The maximum absolute atomic E-state index is 12.7. The number of benzene rings is 2. The second-order valence-electron chi connectivity index (χ2n) is 6.54. The molecule has 0 aliphatic rings. The quantitative estimate of drug-likeness (QED) is 0.752. The third-order valence-electron chi connectivity index (χ3n) is 4.14. The number of carbonyl (C=O) groups is 1. The van der Waals surface area contributed by atoms with E-state index >= 15 is 0 Å². The van der Waals surface area contributed by atoms with Crippen molar-refractivity contribution in [2.75, 3.05) is 40.8 Å². The van der Waals surface area contributed by atoms with Crippen LogP contribution in [0.2, 0.25) is 0 Å². The molecule has 2 rings (SSSR count). The normalized spacial score (nSPS) is 10.6. The lowest BCUT2D eigenvalue weighted by molar-refractivity contribution is 0.189. The molecule has 0 fully saturated rings. The number of rotatable bonds is 9. The SMILES string of the molecule is COc1cccc(CN(CCN(C)C)C(=O)NCCc2ccccc2)c1. The van der Waals surface area contributed by atoms with Gasteiger partial charge in [0.25, 0.3) is 0 Å². The Bertz CT molecular complexity index is 674. The maximum atomic E-state index is 12.7. The molecule has 5 heteroatoms. The van der Waals surface area contributed by atoms with Crippen molar-refractivity contribution < 1.29 is 9.53 Å². The number of nitrogens with zero attached hydrogens (tertiary/aromatic N) is 2. The second kappa shape index (κ2) is 10.5. The number of ether oxygens (including phenoxy) is 1. The maximum Gasteiger partial charge on any atom is 0.317 e. The highest BCUT2D eigenvalue weighted by atomic mass is 16.5. The first-order chi connectivity index (χ1) is 12.6. The summed E-state index contributed by atoms with van der Waals surface area (Å²) in [5.41, 5.74) is 2.28. The highest BCUT2D eigenvalue weighted by molar-refractivity contribution is 5.74. The average molecular weight is 355 g/mol. The van der Waals surface area contributed by atoms with Crippen molar-refractivity contribution in [3.8, 4) is 5.75 Å². The van der Waals surface area contributed by atoms with Crippen molar-refractivity contribution in [2.24, 2.45) is 0 Å². The van der Waals surface area contributed by atoms with Crippen LogP contribution in [-0.2, 0) is 13.0 Å². The van der Waals surface area contributed by atoms with E-state index in [0.717, 1.165) is 24.3 Å². The monoisotopic (exact) mass is 355 g/mol. The Morgan fingerprint density at radius 3 is 2.42 bits per heavy atom. The zero-order chi connectivity index (χ0) is 18.8. The van der Waals surface area contributed by atoms with Crippen LogP contribution in [0.1, 0.15) is 11.1 Å². The van der Waals surface area contributed by atoms with Crippen molar-refractivity contribution in [1.29, 1.82) is 0 Å². The van der Waals surface area contributed by atoms with E-state index in [1.807, 2.05) is 61.5 Å². The van der Waals surface area contributed by atoms with Crippen LogP contribution in [0.4, 0.5) is 4.79 Å². The summed E-state index contributed by atoms with van der Waals surface area (Å²) in [4.78, 5) is 16.6. The number of likely N-dealkylation sites (N-methyl/N-ethyl adjacent to an activating group) is 1. The molecule has 0 saturated heterocycles. The predicted molar refractivity (Wildman–Crippen MR) is 106 cm³/mol. The van der Waals surface area contributed by atoms with Gasteiger partial charge in [-0.1, -0.05) is 42.5 Å². The Balaban J connectivity index is 1.94. The summed E-state index contributed by atoms with van der Waals surface area (Å²) in [6, 6.07) is 18.0. The standard InChI is InChI=1S/C21H29N3O2/c1-23(2)14-15-24(17-19-10-7-11-20(16-19)26-3)21(25)22-13-12-18-8-5-4-6-9-18/h4-11,16H,12-15,17H2,1-3H3,(H,22,25). The lowest BCUT2D eigenvalue weighted by atomic mass is 10.1. The van der Waals surface area contributed by atoms with Crippen molar-refractivity contribution in [3.63, 3.8) is 0 Å². The zero-order valence-corrected chi connectivity index (χ0v) is 15.9. The molecule has 0 spiro atoms. The molecule has 0 aliphatic heterocycles. The largest absolute Gasteiger partial charge is 0.497 e. The number of nitrogens with one attached hydrogen (secondary N) is 1. The summed E-state index contributed by atoms with van der Waals surface area (Å²) in [7, 11) is 5.67. The van der Waals surface area contributed by atoms with Crippen LogP contribution in [0.15, 0.2) is 54.6 Å². The topological polar surface area (TPSA) is 44.8 Å². The first kappa shape index (κ1) is 19.8. The van der Waals surface area contributed by atoms with Gasteiger partial charge >= 0.3 is 6.03 Å². The molecule has 0 heterocycles. The highest BCUT2D eigenvalue weighted by Crippen LogP contribution is 2.14. The van der Waals surface area contributed by atoms with E-state index in [-0.39, 0.29) is 6.03 Å². The minimum Gasteiger partial charge on any atom is -0.497 e. The van der Waals surface area contributed by atoms with Gasteiger partial charge in [-0.3, -0.25) is 0 Å². The summed E-state index contributed by atoms with van der Waals surface area (Å²) in [5, 5.41) is 3.04. The van der Waals surface area contributed by atoms with E-state index in [2.05, 4.69) is 22.3 Å². The highest BCUT2D eigenvalue weighted by Gasteiger charge is 2.14. The van der Waals surface area contributed by atoms with Gasteiger partial charge in [0.05, 0.1) is 7.11 Å². The fourth-order valence-electron chi connectivity index (χ4n) is 2.63. The molecular formula is C21H29N3O2. The molecule has 1 N–H and O–H groups in total. The lowest BCUT2D eigenvalue weighted by Crippen LogP contribution is -2.43.